The van der Waals surface area contributed by atoms with E-state index in [1.54, 1.807) is 11.1 Å². The van der Waals surface area contributed by atoms with Crippen molar-refractivity contribution in [2.75, 3.05) is 26.2 Å². The van der Waals surface area contributed by atoms with Crippen molar-refractivity contribution < 1.29 is 0 Å². The summed E-state index contributed by atoms with van der Waals surface area (Å²) in [5.74, 6) is 0. The SMILES string of the molecule is c1ccc2c(c1)CC1(CN3CCCCC3)CCCNC21. The number of benzene rings is 1. The number of nitrogens with zero attached hydrogens (tertiary/aromatic N) is 1. The first kappa shape index (κ1) is 12.8. The lowest BCUT2D eigenvalue weighted by molar-refractivity contribution is 0.0734. The van der Waals surface area contributed by atoms with Crippen molar-refractivity contribution in [3.63, 3.8) is 0 Å². The largest absolute Gasteiger partial charge is 0.309 e. The fourth-order valence-corrected chi connectivity index (χ4v) is 4.82. The normalized spacial score (nSPS) is 33.7. The summed E-state index contributed by atoms with van der Waals surface area (Å²) in [5, 5.41) is 3.84. The highest BCUT2D eigenvalue weighted by molar-refractivity contribution is 5.39. The molecule has 2 heteroatoms. The average molecular weight is 270 g/mol. The summed E-state index contributed by atoms with van der Waals surface area (Å²) in [6.45, 7) is 5.15. The molecule has 1 aromatic carbocycles. The lowest BCUT2D eigenvalue weighted by Gasteiger charge is -2.44. The molecule has 2 atom stereocenters. The fourth-order valence-electron chi connectivity index (χ4n) is 4.82. The maximum Gasteiger partial charge on any atom is 0.0395 e. The molecule has 2 heterocycles. The van der Waals surface area contributed by atoms with E-state index in [4.69, 9.17) is 0 Å². The summed E-state index contributed by atoms with van der Waals surface area (Å²) in [7, 11) is 0. The maximum atomic E-state index is 3.84. The molecular formula is C18H26N2. The monoisotopic (exact) mass is 270 g/mol. The van der Waals surface area contributed by atoms with Crippen LogP contribution in [0.25, 0.3) is 0 Å². The molecule has 20 heavy (non-hydrogen) atoms. The van der Waals surface area contributed by atoms with Crippen LogP contribution in [-0.4, -0.2) is 31.1 Å². The first-order valence-corrected chi connectivity index (χ1v) is 8.41. The third kappa shape index (κ3) is 2.10. The Kier molecular flexibility index (Phi) is 3.31. The third-order valence-electron chi connectivity index (χ3n) is 5.71. The van der Waals surface area contributed by atoms with Gasteiger partial charge in [-0.3, -0.25) is 0 Å². The Labute approximate surface area is 122 Å². The first-order chi connectivity index (χ1) is 9.87. The van der Waals surface area contributed by atoms with Crippen LogP contribution >= 0.6 is 0 Å². The van der Waals surface area contributed by atoms with Gasteiger partial charge in [0.05, 0.1) is 0 Å². The van der Waals surface area contributed by atoms with Crippen LogP contribution < -0.4 is 5.32 Å². The number of fused-ring (bicyclic) bond motifs is 3. The molecule has 0 bridgehead atoms. The van der Waals surface area contributed by atoms with Crippen LogP contribution in [0, 0.1) is 5.41 Å². The summed E-state index contributed by atoms with van der Waals surface area (Å²) in [5.41, 5.74) is 3.66. The van der Waals surface area contributed by atoms with E-state index in [1.807, 2.05) is 0 Å². The predicted octanol–water partition coefficient (Wildman–Crippen LogP) is 3.14. The topological polar surface area (TPSA) is 15.3 Å². The lowest BCUT2D eigenvalue weighted by Crippen LogP contribution is -2.49. The van der Waals surface area contributed by atoms with E-state index in [1.165, 1.54) is 64.7 Å². The third-order valence-corrected chi connectivity index (χ3v) is 5.71. The molecule has 0 aromatic heterocycles. The molecule has 0 radical (unpaired) electrons. The first-order valence-electron chi connectivity index (χ1n) is 8.41. The highest BCUT2D eigenvalue weighted by Crippen LogP contribution is 2.51. The Hall–Kier alpha value is -0.860. The molecule has 2 fully saturated rings. The van der Waals surface area contributed by atoms with Gasteiger partial charge >= 0.3 is 0 Å². The Bertz CT molecular complexity index is 478. The predicted molar refractivity (Wildman–Crippen MR) is 82.8 cm³/mol. The average Bonchev–Trinajstić information content (AvgIpc) is 2.82. The molecule has 1 N–H and O–H groups in total. The van der Waals surface area contributed by atoms with Crippen LogP contribution in [0.2, 0.25) is 0 Å². The van der Waals surface area contributed by atoms with Gasteiger partial charge in [-0.15, -0.1) is 0 Å². The van der Waals surface area contributed by atoms with E-state index in [-0.39, 0.29) is 0 Å². The quantitative estimate of drug-likeness (QED) is 0.888. The summed E-state index contributed by atoms with van der Waals surface area (Å²) >= 11 is 0. The maximum absolute atomic E-state index is 3.84. The molecule has 0 saturated carbocycles. The standard InChI is InChI=1S/C18H26N2/c1-4-11-20(12-5-1)14-18-9-6-10-19-17(18)16-8-3-2-7-15(16)13-18/h2-3,7-8,17,19H,1,4-6,9-14H2. The zero-order valence-electron chi connectivity index (χ0n) is 12.4. The van der Waals surface area contributed by atoms with E-state index >= 15 is 0 Å². The molecule has 0 amide bonds. The minimum absolute atomic E-state index is 0.472. The van der Waals surface area contributed by atoms with Gasteiger partial charge in [0.15, 0.2) is 0 Å². The molecule has 4 rings (SSSR count). The summed E-state index contributed by atoms with van der Waals surface area (Å²) < 4.78 is 0. The summed E-state index contributed by atoms with van der Waals surface area (Å²) in [6, 6.07) is 9.75. The van der Waals surface area contributed by atoms with E-state index in [0.717, 1.165) is 0 Å². The van der Waals surface area contributed by atoms with Crippen LogP contribution in [0.15, 0.2) is 24.3 Å². The van der Waals surface area contributed by atoms with Gasteiger partial charge < -0.3 is 10.2 Å². The van der Waals surface area contributed by atoms with Crippen molar-refractivity contribution >= 4 is 0 Å². The van der Waals surface area contributed by atoms with Crippen molar-refractivity contribution in [1.82, 2.24) is 10.2 Å². The second-order valence-corrected chi connectivity index (χ2v) is 7.07. The van der Waals surface area contributed by atoms with E-state index < -0.39 is 0 Å². The Morgan fingerprint density at radius 2 is 1.95 bits per heavy atom. The van der Waals surface area contributed by atoms with E-state index in [9.17, 15) is 0 Å². The van der Waals surface area contributed by atoms with Crippen LogP contribution in [-0.2, 0) is 6.42 Å². The van der Waals surface area contributed by atoms with Crippen molar-refractivity contribution in [1.29, 1.82) is 0 Å². The van der Waals surface area contributed by atoms with Gasteiger partial charge in [0.1, 0.15) is 0 Å². The van der Waals surface area contributed by atoms with Gasteiger partial charge in [-0.2, -0.15) is 0 Å². The van der Waals surface area contributed by atoms with Crippen molar-refractivity contribution in [2.45, 2.75) is 44.6 Å². The second kappa shape index (κ2) is 5.16. The van der Waals surface area contributed by atoms with Crippen LogP contribution in [0.5, 0.6) is 0 Å². The minimum Gasteiger partial charge on any atom is -0.309 e. The summed E-state index contributed by atoms with van der Waals surface area (Å²) in [6.07, 6.45) is 8.28. The molecule has 108 valence electrons. The van der Waals surface area contributed by atoms with Gasteiger partial charge in [0.2, 0.25) is 0 Å². The number of nitrogens with one attached hydrogen (secondary N) is 1. The van der Waals surface area contributed by atoms with Gasteiger partial charge in [-0.1, -0.05) is 30.7 Å². The number of rotatable bonds is 2. The number of hydrogen-bond donors (Lipinski definition) is 1. The molecule has 3 aliphatic rings. The lowest BCUT2D eigenvalue weighted by atomic mass is 9.74. The van der Waals surface area contributed by atoms with Gasteiger partial charge in [0, 0.05) is 18.0 Å². The Balaban J connectivity index is 1.61. The smallest absolute Gasteiger partial charge is 0.0395 e. The van der Waals surface area contributed by atoms with Crippen LogP contribution in [0.1, 0.15) is 49.3 Å². The number of hydrogen-bond acceptors (Lipinski definition) is 2. The van der Waals surface area contributed by atoms with Crippen molar-refractivity contribution in [3.8, 4) is 0 Å². The van der Waals surface area contributed by atoms with Gasteiger partial charge in [0.25, 0.3) is 0 Å². The highest BCUT2D eigenvalue weighted by atomic mass is 15.1. The van der Waals surface area contributed by atoms with Crippen LogP contribution in [0.4, 0.5) is 0 Å². The van der Waals surface area contributed by atoms with Crippen molar-refractivity contribution in [2.24, 2.45) is 5.41 Å². The highest BCUT2D eigenvalue weighted by Gasteiger charge is 2.47. The zero-order chi connectivity index (χ0) is 13.4. The molecule has 2 unspecified atom stereocenters. The summed E-state index contributed by atoms with van der Waals surface area (Å²) in [4.78, 5) is 2.75. The molecule has 1 aliphatic carbocycles. The number of likely N-dealkylation sites (tertiary alicyclic amines) is 1. The molecule has 2 aliphatic heterocycles. The van der Waals surface area contributed by atoms with Crippen LogP contribution in [0.3, 0.4) is 0 Å². The molecule has 1 aromatic rings. The van der Waals surface area contributed by atoms with E-state index in [0.29, 0.717) is 11.5 Å². The van der Waals surface area contributed by atoms with Crippen molar-refractivity contribution in [3.05, 3.63) is 35.4 Å². The van der Waals surface area contributed by atoms with E-state index in [2.05, 4.69) is 34.5 Å². The number of piperidine rings is 2. The minimum atomic E-state index is 0.472. The molecule has 2 saturated heterocycles. The fraction of sp³-hybridized carbons (Fsp3) is 0.667. The zero-order valence-corrected chi connectivity index (χ0v) is 12.4. The second-order valence-electron chi connectivity index (χ2n) is 7.07. The Morgan fingerprint density at radius 1 is 1.10 bits per heavy atom. The molecule has 0 spiro atoms. The molecule has 2 nitrogen and oxygen atoms in total. The Morgan fingerprint density at radius 3 is 2.85 bits per heavy atom. The van der Waals surface area contributed by atoms with Gasteiger partial charge in [-0.25, -0.2) is 0 Å². The van der Waals surface area contributed by atoms with Gasteiger partial charge in [-0.05, 0) is 62.9 Å². The molecular weight excluding hydrogens is 244 g/mol.